The standard InChI is InChI=1S/C11H15ClN2/c1-14-6-5-8(7-13)11-9(12)3-2-4-10(11)14/h2-4,8H,5-7,13H2,1H3. The van der Waals surface area contributed by atoms with E-state index in [9.17, 15) is 0 Å². The van der Waals surface area contributed by atoms with Crippen LogP contribution in [0.1, 0.15) is 17.9 Å². The lowest BCUT2D eigenvalue weighted by atomic mass is 9.90. The predicted octanol–water partition coefficient (Wildman–Crippen LogP) is 2.22. The summed E-state index contributed by atoms with van der Waals surface area (Å²) >= 11 is 6.20. The highest BCUT2D eigenvalue weighted by Crippen LogP contribution is 2.38. The molecule has 0 spiro atoms. The SMILES string of the molecule is CN1CCC(CN)c2c(Cl)cccc21. The fraction of sp³-hybridized carbons (Fsp3) is 0.455. The summed E-state index contributed by atoms with van der Waals surface area (Å²) in [6.07, 6.45) is 1.10. The molecule has 0 bridgehead atoms. The van der Waals surface area contributed by atoms with Gasteiger partial charge < -0.3 is 10.6 Å². The van der Waals surface area contributed by atoms with Gasteiger partial charge in [-0.3, -0.25) is 0 Å². The lowest BCUT2D eigenvalue weighted by Crippen LogP contribution is -2.30. The van der Waals surface area contributed by atoms with Crippen molar-refractivity contribution in [1.29, 1.82) is 0 Å². The topological polar surface area (TPSA) is 29.3 Å². The van der Waals surface area contributed by atoms with Gasteiger partial charge in [0, 0.05) is 30.2 Å². The second-order valence-corrected chi connectivity index (χ2v) is 4.22. The Balaban J connectivity index is 2.51. The molecule has 0 aromatic heterocycles. The van der Waals surface area contributed by atoms with Crippen LogP contribution in [-0.4, -0.2) is 20.1 Å². The number of nitrogens with zero attached hydrogens (tertiary/aromatic N) is 1. The van der Waals surface area contributed by atoms with Crippen LogP contribution in [0.2, 0.25) is 5.02 Å². The molecule has 0 aliphatic carbocycles. The summed E-state index contributed by atoms with van der Waals surface area (Å²) in [5.74, 6) is 0.426. The van der Waals surface area contributed by atoms with E-state index in [0.29, 0.717) is 12.5 Å². The molecule has 2 rings (SSSR count). The maximum Gasteiger partial charge on any atom is 0.0462 e. The molecule has 0 saturated heterocycles. The average molecular weight is 211 g/mol. The first-order valence-corrected chi connectivity index (χ1v) is 5.31. The lowest BCUT2D eigenvalue weighted by molar-refractivity contribution is 0.601. The number of fused-ring (bicyclic) bond motifs is 1. The highest BCUT2D eigenvalue weighted by molar-refractivity contribution is 6.31. The van der Waals surface area contributed by atoms with Crippen molar-refractivity contribution in [3.05, 3.63) is 28.8 Å². The molecule has 1 aliphatic rings. The zero-order valence-electron chi connectivity index (χ0n) is 8.33. The Kier molecular flexibility index (Phi) is 2.66. The molecule has 1 unspecified atom stereocenters. The number of benzene rings is 1. The molecule has 0 fully saturated rings. The highest BCUT2D eigenvalue weighted by atomic mass is 35.5. The van der Waals surface area contributed by atoms with Crippen LogP contribution in [0.25, 0.3) is 0 Å². The molecular weight excluding hydrogens is 196 g/mol. The van der Waals surface area contributed by atoms with Gasteiger partial charge in [0.2, 0.25) is 0 Å². The molecule has 1 atom stereocenters. The molecule has 3 heteroatoms. The molecule has 1 aliphatic heterocycles. The van der Waals surface area contributed by atoms with Crippen molar-refractivity contribution >= 4 is 17.3 Å². The monoisotopic (exact) mass is 210 g/mol. The Morgan fingerprint density at radius 1 is 1.57 bits per heavy atom. The van der Waals surface area contributed by atoms with E-state index in [1.54, 1.807) is 0 Å². The smallest absolute Gasteiger partial charge is 0.0462 e. The summed E-state index contributed by atoms with van der Waals surface area (Å²) in [7, 11) is 2.10. The highest BCUT2D eigenvalue weighted by Gasteiger charge is 2.23. The number of nitrogens with two attached hydrogens (primary N) is 1. The molecule has 0 amide bonds. The second-order valence-electron chi connectivity index (χ2n) is 3.82. The van der Waals surface area contributed by atoms with Gasteiger partial charge in [0.15, 0.2) is 0 Å². The molecular formula is C11H15ClN2. The van der Waals surface area contributed by atoms with Crippen molar-refractivity contribution < 1.29 is 0 Å². The summed E-state index contributed by atoms with van der Waals surface area (Å²) in [4.78, 5) is 2.24. The van der Waals surface area contributed by atoms with Crippen molar-refractivity contribution in [3.8, 4) is 0 Å². The van der Waals surface area contributed by atoms with Gasteiger partial charge in [-0.25, -0.2) is 0 Å². The number of hydrogen-bond donors (Lipinski definition) is 1. The summed E-state index contributed by atoms with van der Waals surface area (Å²) in [6, 6.07) is 6.06. The molecule has 1 heterocycles. The van der Waals surface area contributed by atoms with E-state index in [-0.39, 0.29) is 0 Å². The first-order chi connectivity index (χ1) is 6.74. The molecule has 0 radical (unpaired) electrons. The van der Waals surface area contributed by atoms with Crippen molar-refractivity contribution in [2.45, 2.75) is 12.3 Å². The van der Waals surface area contributed by atoms with Crippen LogP contribution < -0.4 is 10.6 Å². The molecule has 76 valence electrons. The molecule has 2 N–H and O–H groups in total. The van der Waals surface area contributed by atoms with Gasteiger partial charge in [-0.05, 0) is 30.7 Å². The third-order valence-corrected chi connectivity index (χ3v) is 3.28. The van der Waals surface area contributed by atoms with E-state index in [2.05, 4.69) is 18.0 Å². The van der Waals surface area contributed by atoms with Crippen molar-refractivity contribution in [3.63, 3.8) is 0 Å². The molecule has 14 heavy (non-hydrogen) atoms. The molecule has 0 saturated carbocycles. The van der Waals surface area contributed by atoms with Gasteiger partial charge in [0.05, 0.1) is 0 Å². The van der Waals surface area contributed by atoms with Crippen LogP contribution in [-0.2, 0) is 0 Å². The number of halogens is 1. The van der Waals surface area contributed by atoms with Crippen LogP contribution in [0.4, 0.5) is 5.69 Å². The Morgan fingerprint density at radius 3 is 3.07 bits per heavy atom. The van der Waals surface area contributed by atoms with Gasteiger partial charge >= 0.3 is 0 Å². The maximum absolute atomic E-state index is 6.20. The Morgan fingerprint density at radius 2 is 2.36 bits per heavy atom. The normalized spacial score (nSPS) is 20.8. The summed E-state index contributed by atoms with van der Waals surface area (Å²) < 4.78 is 0. The van der Waals surface area contributed by atoms with Crippen LogP contribution in [0.3, 0.4) is 0 Å². The van der Waals surface area contributed by atoms with E-state index in [1.807, 2.05) is 12.1 Å². The summed E-state index contributed by atoms with van der Waals surface area (Å²) in [6.45, 7) is 1.75. The maximum atomic E-state index is 6.20. The zero-order valence-corrected chi connectivity index (χ0v) is 9.09. The minimum Gasteiger partial charge on any atom is -0.374 e. The summed E-state index contributed by atoms with van der Waals surface area (Å²) in [5.41, 5.74) is 8.22. The third kappa shape index (κ3) is 1.49. The van der Waals surface area contributed by atoms with Gasteiger partial charge in [0.25, 0.3) is 0 Å². The minimum absolute atomic E-state index is 0.426. The van der Waals surface area contributed by atoms with E-state index in [1.165, 1.54) is 11.3 Å². The number of rotatable bonds is 1. The molecule has 1 aromatic carbocycles. The van der Waals surface area contributed by atoms with E-state index in [0.717, 1.165) is 18.0 Å². The van der Waals surface area contributed by atoms with E-state index < -0.39 is 0 Å². The quantitative estimate of drug-likeness (QED) is 0.770. The predicted molar refractivity (Wildman–Crippen MR) is 61.1 cm³/mol. The Labute approximate surface area is 89.7 Å². The van der Waals surface area contributed by atoms with E-state index in [4.69, 9.17) is 17.3 Å². The first-order valence-electron chi connectivity index (χ1n) is 4.93. The van der Waals surface area contributed by atoms with Gasteiger partial charge in [-0.2, -0.15) is 0 Å². The first kappa shape index (κ1) is 9.81. The zero-order chi connectivity index (χ0) is 10.1. The average Bonchev–Trinajstić information content (AvgIpc) is 2.20. The number of hydrogen-bond acceptors (Lipinski definition) is 2. The van der Waals surface area contributed by atoms with E-state index >= 15 is 0 Å². The Hall–Kier alpha value is -0.730. The fourth-order valence-electron chi connectivity index (χ4n) is 2.11. The van der Waals surface area contributed by atoms with Crippen LogP contribution in [0, 0.1) is 0 Å². The molecule has 1 aromatic rings. The van der Waals surface area contributed by atoms with Crippen LogP contribution >= 0.6 is 11.6 Å². The third-order valence-electron chi connectivity index (χ3n) is 2.95. The minimum atomic E-state index is 0.426. The summed E-state index contributed by atoms with van der Waals surface area (Å²) in [5, 5.41) is 0.851. The van der Waals surface area contributed by atoms with Gasteiger partial charge in [0.1, 0.15) is 0 Å². The largest absolute Gasteiger partial charge is 0.374 e. The van der Waals surface area contributed by atoms with Gasteiger partial charge in [-0.1, -0.05) is 17.7 Å². The van der Waals surface area contributed by atoms with Crippen molar-refractivity contribution in [1.82, 2.24) is 0 Å². The van der Waals surface area contributed by atoms with Crippen molar-refractivity contribution in [2.24, 2.45) is 5.73 Å². The second kappa shape index (κ2) is 3.79. The van der Waals surface area contributed by atoms with Crippen molar-refractivity contribution in [2.75, 3.05) is 25.0 Å². The Bertz CT molecular complexity index is 338. The fourth-order valence-corrected chi connectivity index (χ4v) is 2.44. The number of anilines is 1. The van der Waals surface area contributed by atoms with Crippen LogP contribution in [0.5, 0.6) is 0 Å². The van der Waals surface area contributed by atoms with Gasteiger partial charge in [-0.15, -0.1) is 0 Å². The lowest BCUT2D eigenvalue weighted by Gasteiger charge is -2.33. The molecule has 2 nitrogen and oxygen atoms in total. The van der Waals surface area contributed by atoms with Crippen LogP contribution in [0.15, 0.2) is 18.2 Å².